The number of fused-ring (bicyclic) bond motifs is 1. The van der Waals surface area contributed by atoms with Gasteiger partial charge in [-0.15, -0.1) is 0 Å². The Morgan fingerprint density at radius 3 is 2.52 bits per heavy atom. The predicted octanol–water partition coefficient (Wildman–Crippen LogP) is 4.36. The van der Waals surface area contributed by atoms with Crippen LogP contribution < -0.4 is 10.6 Å². The van der Waals surface area contributed by atoms with Gasteiger partial charge in [-0.05, 0) is 63.2 Å². The molecule has 1 aromatic rings. The molecule has 0 unspecified atom stereocenters. The number of hydrogen-bond donors (Lipinski definition) is 2. The first-order chi connectivity index (χ1) is 15.8. The van der Waals surface area contributed by atoms with E-state index in [0.717, 1.165) is 25.7 Å². The van der Waals surface area contributed by atoms with Crippen LogP contribution in [0.15, 0.2) is 24.3 Å². The van der Waals surface area contributed by atoms with Crippen molar-refractivity contribution in [2.24, 2.45) is 0 Å². The van der Waals surface area contributed by atoms with E-state index in [1.807, 2.05) is 13.8 Å². The van der Waals surface area contributed by atoms with Gasteiger partial charge < -0.3 is 34.3 Å². The SMILES string of the molecule is CCCCOC[C@@H](OCCCC)[C@H]1O[C@@H]2OC(C)(C)O[C@@H]2[C@H]1NC(=S)Nc1ccc(F)cc1. The minimum atomic E-state index is -0.761. The van der Waals surface area contributed by atoms with Crippen molar-refractivity contribution in [1.82, 2.24) is 5.32 Å². The Balaban J connectivity index is 1.71. The lowest BCUT2D eigenvalue weighted by atomic mass is 10.0. The smallest absolute Gasteiger partial charge is 0.189 e. The van der Waals surface area contributed by atoms with E-state index in [0.29, 0.717) is 30.6 Å². The monoisotopic (exact) mass is 484 g/mol. The van der Waals surface area contributed by atoms with E-state index < -0.39 is 12.1 Å². The highest BCUT2D eigenvalue weighted by Crippen LogP contribution is 2.39. The second-order valence-corrected chi connectivity index (χ2v) is 9.30. The van der Waals surface area contributed by atoms with Gasteiger partial charge in [-0.1, -0.05) is 26.7 Å². The largest absolute Gasteiger partial charge is 0.379 e. The number of nitrogens with one attached hydrogen (secondary N) is 2. The lowest BCUT2D eigenvalue weighted by molar-refractivity contribution is -0.222. The predicted molar refractivity (Wildman–Crippen MR) is 129 cm³/mol. The molecule has 9 heteroatoms. The molecule has 2 aliphatic rings. The van der Waals surface area contributed by atoms with Crippen molar-refractivity contribution in [2.45, 2.75) is 89.8 Å². The second-order valence-electron chi connectivity index (χ2n) is 8.89. The van der Waals surface area contributed by atoms with E-state index in [1.54, 1.807) is 12.1 Å². The summed E-state index contributed by atoms with van der Waals surface area (Å²) in [7, 11) is 0. The molecule has 1 aromatic carbocycles. The fraction of sp³-hybridized carbons (Fsp3) is 0.708. The second kappa shape index (κ2) is 12.4. The van der Waals surface area contributed by atoms with Crippen molar-refractivity contribution in [3.63, 3.8) is 0 Å². The van der Waals surface area contributed by atoms with Crippen LogP contribution in [0.5, 0.6) is 0 Å². The quantitative estimate of drug-likeness (QED) is 0.335. The zero-order valence-electron chi connectivity index (χ0n) is 20.0. The van der Waals surface area contributed by atoms with Gasteiger partial charge in [0.15, 0.2) is 17.2 Å². The Bertz CT molecular complexity index is 751. The topological polar surface area (TPSA) is 70.2 Å². The van der Waals surface area contributed by atoms with E-state index >= 15 is 0 Å². The molecule has 2 aliphatic heterocycles. The molecule has 0 spiro atoms. The van der Waals surface area contributed by atoms with Gasteiger partial charge in [-0.25, -0.2) is 4.39 Å². The van der Waals surface area contributed by atoms with E-state index in [4.69, 9.17) is 35.9 Å². The Labute approximate surface area is 201 Å². The van der Waals surface area contributed by atoms with E-state index in [9.17, 15) is 4.39 Å². The standard InChI is InChI=1S/C24H37FN2O5S/c1-5-7-13-28-15-18(29-14-8-6-2)20-19(21-22(30-20)32-24(3,4)31-21)27-23(33)26-17-11-9-16(25)10-12-17/h9-12,18-22H,5-8,13-15H2,1-4H3,(H2,26,27,33)/t18-,19+,20-,21-,22-/m1/s1. The third-order valence-electron chi connectivity index (χ3n) is 5.61. The molecule has 0 aromatic heterocycles. The molecule has 33 heavy (non-hydrogen) atoms. The number of benzene rings is 1. The molecule has 2 fully saturated rings. The van der Waals surface area contributed by atoms with E-state index in [1.165, 1.54) is 12.1 Å². The molecule has 0 bridgehead atoms. The third kappa shape index (κ3) is 7.56. The third-order valence-corrected chi connectivity index (χ3v) is 5.83. The van der Waals surface area contributed by atoms with Gasteiger partial charge in [-0.2, -0.15) is 0 Å². The first-order valence-electron chi connectivity index (χ1n) is 11.9. The molecule has 186 valence electrons. The van der Waals surface area contributed by atoms with Crippen LogP contribution in [-0.2, 0) is 23.7 Å². The van der Waals surface area contributed by atoms with Crippen LogP contribution >= 0.6 is 12.2 Å². The Hall–Kier alpha value is -1.36. The first-order valence-corrected chi connectivity index (χ1v) is 12.3. The number of hydrogen-bond acceptors (Lipinski definition) is 6. The van der Waals surface area contributed by atoms with Crippen molar-refractivity contribution in [2.75, 3.05) is 25.1 Å². The number of rotatable bonds is 12. The van der Waals surface area contributed by atoms with Crippen LogP contribution in [0, 0.1) is 5.82 Å². The average molecular weight is 485 g/mol. The normalized spacial score (nSPS) is 26.7. The molecule has 2 N–H and O–H groups in total. The summed E-state index contributed by atoms with van der Waals surface area (Å²) in [6.07, 6.45) is 2.45. The number of thiocarbonyl (C=S) groups is 1. The highest BCUT2D eigenvalue weighted by Gasteiger charge is 2.57. The fourth-order valence-corrected chi connectivity index (χ4v) is 4.18. The molecule has 2 heterocycles. The maximum Gasteiger partial charge on any atom is 0.189 e. The molecule has 0 radical (unpaired) electrons. The van der Waals surface area contributed by atoms with Crippen LogP contribution in [0.4, 0.5) is 10.1 Å². The summed E-state index contributed by atoms with van der Waals surface area (Å²) in [6.45, 7) is 9.68. The zero-order valence-corrected chi connectivity index (χ0v) is 20.8. The highest BCUT2D eigenvalue weighted by atomic mass is 32.1. The van der Waals surface area contributed by atoms with Gasteiger partial charge in [0.1, 0.15) is 24.1 Å². The molecule has 0 amide bonds. The summed E-state index contributed by atoms with van der Waals surface area (Å²) in [5.74, 6) is -1.07. The number of anilines is 1. The van der Waals surface area contributed by atoms with Crippen molar-refractivity contribution >= 4 is 23.0 Å². The number of halogens is 1. The van der Waals surface area contributed by atoms with E-state index in [-0.39, 0.29) is 30.2 Å². The number of unbranched alkanes of at least 4 members (excludes halogenated alkanes) is 2. The Morgan fingerprint density at radius 1 is 1.12 bits per heavy atom. The zero-order chi connectivity index (χ0) is 23.8. The number of ether oxygens (including phenoxy) is 5. The summed E-state index contributed by atoms with van der Waals surface area (Å²) in [4.78, 5) is 0. The Morgan fingerprint density at radius 2 is 1.82 bits per heavy atom. The minimum absolute atomic E-state index is 0.305. The summed E-state index contributed by atoms with van der Waals surface area (Å²) >= 11 is 5.55. The molecule has 2 saturated heterocycles. The van der Waals surface area contributed by atoms with Gasteiger partial charge in [0.25, 0.3) is 0 Å². The maximum absolute atomic E-state index is 13.2. The van der Waals surface area contributed by atoms with Crippen LogP contribution in [0.2, 0.25) is 0 Å². The molecule has 5 atom stereocenters. The van der Waals surface area contributed by atoms with Gasteiger partial charge in [0.2, 0.25) is 0 Å². The molecular formula is C24H37FN2O5S. The molecular weight excluding hydrogens is 447 g/mol. The summed E-state index contributed by atoms with van der Waals surface area (Å²) in [5, 5.41) is 6.82. The summed E-state index contributed by atoms with van der Waals surface area (Å²) in [6, 6.07) is 5.70. The van der Waals surface area contributed by atoms with Crippen molar-refractivity contribution in [1.29, 1.82) is 0 Å². The molecule has 3 rings (SSSR count). The molecule has 0 aliphatic carbocycles. The minimum Gasteiger partial charge on any atom is -0.379 e. The van der Waals surface area contributed by atoms with Crippen LogP contribution in [0.25, 0.3) is 0 Å². The van der Waals surface area contributed by atoms with Crippen molar-refractivity contribution < 1.29 is 28.1 Å². The lowest BCUT2D eigenvalue weighted by Crippen LogP contribution is -2.54. The van der Waals surface area contributed by atoms with Crippen LogP contribution in [0.1, 0.15) is 53.4 Å². The van der Waals surface area contributed by atoms with Crippen molar-refractivity contribution in [3.8, 4) is 0 Å². The van der Waals surface area contributed by atoms with Gasteiger partial charge in [0.05, 0.1) is 12.6 Å². The highest BCUT2D eigenvalue weighted by molar-refractivity contribution is 7.80. The Kier molecular flexibility index (Phi) is 9.84. The average Bonchev–Trinajstić information content (AvgIpc) is 3.24. The van der Waals surface area contributed by atoms with E-state index in [2.05, 4.69) is 24.5 Å². The van der Waals surface area contributed by atoms with Gasteiger partial charge >= 0.3 is 0 Å². The van der Waals surface area contributed by atoms with Crippen LogP contribution in [0.3, 0.4) is 0 Å². The first kappa shape index (κ1) is 26.2. The summed E-state index contributed by atoms with van der Waals surface area (Å²) < 4.78 is 43.8. The fourth-order valence-electron chi connectivity index (χ4n) is 3.93. The maximum atomic E-state index is 13.2. The van der Waals surface area contributed by atoms with Gasteiger partial charge in [0, 0.05) is 18.9 Å². The van der Waals surface area contributed by atoms with Crippen LogP contribution in [-0.4, -0.2) is 61.4 Å². The molecule has 0 saturated carbocycles. The molecule has 7 nitrogen and oxygen atoms in total. The van der Waals surface area contributed by atoms with Gasteiger partial charge in [-0.3, -0.25) is 0 Å². The lowest BCUT2D eigenvalue weighted by Gasteiger charge is -2.32. The van der Waals surface area contributed by atoms with Crippen molar-refractivity contribution in [3.05, 3.63) is 30.1 Å². The summed E-state index contributed by atoms with van der Waals surface area (Å²) in [5.41, 5.74) is 0.684.